The number of carbonyl (C=O) groups is 1. The van der Waals surface area contributed by atoms with Crippen LogP contribution in [0.15, 0.2) is 68.8 Å². The summed E-state index contributed by atoms with van der Waals surface area (Å²) in [6.07, 6.45) is 3.94. The number of anilines is 1. The van der Waals surface area contributed by atoms with Crippen LogP contribution in [0.4, 0.5) is 5.69 Å². The topological polar surface area (TPSA) is 91.7 Å². The number of sulfonamides is 1. The number of likely N-dealkylation sites (tertiary alicyclic amines) is 1. The van der Waals surface area contributed by atoms with Gasteiger partial charge in [0.2, 0.25) is 0 Å². The quantitative estimate of drug-likeness (QED) is 0.552. The number of furan rings is 1. The highest BCUT2D eigenvalue weighted by atomic mass is 32.2. The van der Waals surface area contributed by atoms with Crippen LogP contribution in [0.3, 0.4) is 0 Å². The van der Waals surface area contributed by atoms with Gasteiger partial charge in [-0.25, -0.2) is 8.42 Å². The van der Waals surface area contributed by atoms with Crippen molar-refractivity contribution in [1.82, 2.24) is 10.2 Å². The van der Waals surface area contributed by atoms with Crippen molar-refractivity contribution in [1.29, 1.82) is 0 Å². The van der Waals surface area contributed by atoms with Crippen molar-refractivity contribution in [2.75, 3.05) is 24.4 Å². The summed E-state index contributed by atoms with van der Waals surface area (Å²) in [7, 11) is -3.61. The van der Waals surface area contributed by atoms with E-state index in [4.69, 9.17) is 4.42 Å². The van der Waals surface area contributed by atoms with Crippen LogP contribution >= 0.6 is 11.3 Å². The molecule has 2 N–H and O–H groups in total. The summed E-state index contributed by atoms with van der Waals surface area (Å²) in [4.78, 5) is 14.9. The molecule has 0 bridgehead atoms. The third-order valence-corrected chi connectivity index (χ3v) is 7.85. The minimum atomic E-state index is -3.61. The zero-order valence-corrected chi connectivity index (χ0v) is 17.9. The van der Waals surface area contributed by atoms with E-state index in [1.165, 1.54) is 0 Å². The molecule has 1 aliphatic rings. The Bertz CT molecular complexity index is 1060. The van der Waals surface area contributed by atoms with E-state index < -0.39 is 10.0 Å². The van der Waals surface area contributed by atoms with Gasteiger partial charge in [-0.3, -0.25) is 14.4 Å². The van der Waals surface area contributed by atoms with E-state index in [0.717, 1.165) is 43.0 Å². The van der Waals surface area contributed by atoms with Gasteiger partial charge in [-0.05, 0) is 73.8 Å². The maximum absolute atomic E-state index is 12.6. The maximum Gasteiger partial charge on any atom is 0.271 e. The van der Waals surface area contributed by atoms with E-state index in [-0.39, 0.29) is 16.2 Å². The first-order valence-electron chi connectivity index (χ1n) is 9.75. The smallest absolute Gasteiger partial charge is 0.271 e. The molecule has 1 aliphatic heterocycles. The Kier molecular flexibility index (Phi) is 6.21. The standard InChI is InChI=1S/C21H23N3O4S2/c25-21(22-15-18(19-5-3-13-28-19)24-11-1-2-12-24)16-7-9-17(10-8-16)23-30(26,27)20-6-4-14-29-20/h3-10,13-14,18,23H,1-2,11-12,15H2,(H,22,25). The first-order valence-corrected chi connectivity index (χ1v) is 12.1. The van der Waals surface area contributed by atoms with Crippen LogP contribution in [0.2, 0.25) is 0 Å². The predicted molar refractivity (Wildman–Crippen MR) is 116 cm³/mol. The van der Waals surface area contributed by atoms with Crippen LogP contribution < -0.4 is 10.0 Å². The van der Waals surface area contributed by atoms with Crippen molar-refractivity contribution >= 4 is 33.0 Å². The predicted octanol–water partition coefficient (Wildman–Crippen LogP) is 3.71. The van der Waals surface area contributed by atoms with Crippen molar-refractivity contribution in [2.24, 2.45) is 0 Å². The van der Waals surface area contributed by atoms with E-state index in [2.05, 4.69) is 14.9 Å². The second-order valence-corrected chi connectivity index (χ2v) is 9.96. The lowest BCUT2D eigenvalue weighted by Gasteiger charge is -2.26. The van der Waals surface area contributed by atoms with Crippen molar-refractivity contribution < 1.29 is 17.6 Å². The number of benzene rings is 1. The molecule has 1 aromatic carbocycles. The highest BCUT2D eigenvalue weighted by molar-refractivity contribution is 7.94. The van der Waals surface area contributed by atoms with Gasteiger partial charge in [0.25, 0.3) is 15.9 Å². The summed E-state index contributed by atoms with van der Waals surface area (Å²) in [5, 5.41) is 4.69. The third-order valence-electron chi connectivity index (χ3n) is 5.07. The molecule has 1 unspecified atom stereocenters. The molecule has 30 heavy (non-hydrogen) atoms. The Balaban J connectivity index is 1.38. The Morgan fingerprint density at radius 3 is 2.50 bits per heavy atom. The number of nitrogens with zero attached hydrogens (tertiary/aromatic N) is 1. The maximum atomic E-state index is 12.6. The summed E-state index contributed by atoms with van der Waals surface area (Å²) in [5.41, 5.74) is 0.874. The number of thiophene rings is 1. The average molecular weight is 446 g/mol. The zero-order chi connectivity index (χ0) is 21.0. The molecule has 158 valence electrons. The Morgan fingerprint density at radius 2 is 1.87 bits per heavy atom. The lowest BCUT2D eigenvalue weighted by Crippen LogP contribution is -2.36. The van der Waals surface area contributed by atoms with E-state index in [1.54, 1.807) is 48.0 Å². The summed E-state index contributed by atoms with van der Waals surface area (Å²) < 4.78 is 33.0. The molecule has 7 nitrogen and oxygen atoms in total. The van der Waals surface area contributed by atoms with Gasteiger partial charge in [0.05, 0.1) is 12.3 Å². The van der Waals surface area contributed by atoms with Crippen molar-refractivity contribution in [2.45, 2.75) is 23.1 Å². The molecule has 1 fully saturated rings. The first-order chi connectivity index (χ1) is 14.5. The molecule has 0 spiro atoms. The Hall–Kier alpha value is -2.62. The average Bonchev–Trinajstić information content (AvgIpc) is 3.51. The summed E-state index contributed by atoms with van der Waals surface area (Å²) in [6, 6.07) is 13.4. The minimum absolute atomic E-state index is 0.00308. The molecule has 2 aromatic heterocycles. The van der Waals surface area contributed by atoms with Gasteiger partial charge in [-0.2, -0.15) is 0 Å². The van der Waals surface area contributed by atoms with Crippen LogP contribution in [0.1, 0.15) is 35.0 Å². The Labute approximate surface area is 179 Å². The molecule has 1 amide bonds. The molecule has 1 saturated heterocycles. The summed E-state index contributed by atoms with van der Waals surface area (Å²) in [5.74, 6) is 0.633. The highest BCUT2D eigenvalue weighted by Crippen LogP contribution is 2.25. The fourth-order valence-electron chi connectivity index (χ4n) is 3.55. The number of hydrogen-bond donors (Lipinski definition) is 2. The van der Waals surface area contributed by atoms with Gasteiger partial charge in [-0.15, -0.1) is 11.3 Å². The number of rotatable bonds is 8. The number of nitrogens with one attached hydrogen (secondary N) is 2. The summed E-state index contributed by atoms with van der Waals surface area (Å²) in [6.45, 7) is 2.42. The number of amides is 1. The van der Waals surface area contributed by atoms with Crippen LogP contribution in [0.25, 0.3) is 0 Å². The second kappa shape index (κ2) is 9.03. The number of hydrogen-bond acceptors (Lipinski definition) is 6. The monoisotopic (exact) mass is 445 g/mol. The molecule has 4 rings (SSSR count). The van der Waals surface area contributed by atoms with Crippen molar-refractivity contribution in [3.8, 4) is 0 Å². The van der Waals surface area contributed by atoms with E-state index >= 15 is 0 Å². The molecular formula is C21H23N3O4S2. The van der Waals surface area contributed by atoms with Gasteiger partial charge in [0, 0.05) is 17.8 Å². The fourth-order valence-corrected chi connectivity index (χ4v) is 5.60. The van der Waals surface area contributed by atoms with Gasteiger partial charge < -0.3 is 9.73 Å². The van der Waals surface area contributed by atoms with Crippen molar-refractivity contribution in [3.05, 3.63) is 71.5 Å². The molecule has 3 aromatic rings. The fraction of sp³-hybridized carbons (Fsp3) is 0.286. The lowest BCUT2D eigenvalue weighted by atomic mass is 10.1. The molecule has 3 heterocycles. The normalized spacial score (nSPS) is 15.7. The van der Waals surface area contributed by atoms with Crippen molar-refractivity contribution in [3.63, 3.8) is 0 Å². The van der Waals surface area contributed by atoms with E-state index in [1.807, 2.05) is 12.1 Å². The molecule has 1 atom stereocenters. The minimum Gasteiger partial charge on any atom is -0.468 e. The van der Waals surface area contributed by atoms with Crippen LogP contribution in [-0.2, 0) is 10.0 Å². The van der Waals surface area contributed by atoms with Crippen LogP contribution in [0.5, 0.6) is 0 Å². The van der Waals surface area contributed by atoms with E-state index in [9.17, 15) is 13.2 Å². The van der Waals surface area contributed by atoms with E-state index in [0.29, 0.717) is 17.8 Å². The Morgan fingerprint density at radius 1 is 1.10 bits per heavy atom. The van der Waals surface area contributed by atoms with Gasteiger partial charge >= 0.3 is 0 Å². The largest absolute Gasteiger partial charge is 0.468 e. The molecule has 0 saturated carbocycles. The summed E-state index contributed by atoms with van der Waals surface area (Å²) >= 11 is 1.15. The molecular weight excluding hydrogens is 422 g/mol. The second-order valence-electron chi connectivity index (χ2n) is 7.10. The van der Waals surface area contributed by atoms with Gasteiger partial charge in [0.15, 0.2) is 0 Å². The van der Waals surface area contributed by atoms with Crippen LogP contribution in [-0.4, -0.2) is 38.9 Å². The SMILES string of the molecule is O=C(NCC(c1ccco1)N1CCCC1)c1ccc(NS(=O)(=O)c2cccs2)cc1. The third kappa shape index (κ3) is 4.75. The molecule has 0 aliphatic carbocycles. The molecule has 9 heteroatoms. The first kappa shape index (κ1) is 20.6. The number of carbonyl (C=O) groups excluding carboxylic acids is 1. The highest BCUT2D eigenvalue weighted by Gasteiger charge is 2.26. The lowest BCUT2D eigenvalue weighted by molar-refractivity contribution is 0.0934. The van der Waals surface area contributed by atoms with Gasteiger partial charge in [-0.1, -0.05) is 6.07 Å². The zero-order valence-electron chi connectivity index (χ0n) is 16.3. The molecule has 0 radical (unpaired) electrons. The van der Waals surface area contributed by atoms with Gasteiger partial charge in [0.1, 0.15) is 9.97 Å². The van der Waals surface area contributed by atoms with Crippen LogP contribution in [0, 0.1) is 0 Å².